The lowest BCUT2D eigenvalue weighted by Gasteiger charge is -2.14. The van der Waals surface area contributed by atoms with E-state index >= 15 is 0 Å². The number of hydrogen-bond donors (Lipinski definition) is 1. The summed E-state index contributed by atoms with van der Waals surface area (Å²) in [6.07, 6.45) is 0.305. The predicted molar refractivity (Wildman–Crippen MR) is 79.0 cm³/mol. The summed E-state index contributed by atoms with van der Waals surface area (Å²) in [5.41, 5.74) is 0. The summed E-state index contributed by atoms with van der Waals surface area (Å²) in [4.78, 5) is 11.8. The Balaban J connectivity index is 2.45. The molecule has 0 bridgehead atoms. The van der Waals surface area contributed by atoms with E-state index in [1.54, 1.807) is 38.1 Å². The first kappa shape index (κ1) is 14.7. The zero-order valence-electron chi connectivity index (χ0n) is 11.5. The number of rotatable bonds is 5. The predicted octanol–water partition coefficient (Wildman–Crippen LogP) is 2.49. The highest BCUT2D eigenvalue weighted by atomic mass is 32.2. The van der Waals surface area contributed by atoms with Gasteiger partial charge in [0, 0.05) is 11.8 Å². The van der Waals surface area contributed by atoms with Crippen LogP contribution in [0.15, 0.2) is 47.4 Å². The topological polar surface area (TPSA) is 63.2 Å². The molecule has 0 saturated carbocycles. The molecule has 1 atom stereocenters. The van der Waals surface area contributed by atoms with Crippen molar-refractivity contribution in [2.45, 2.75) is 31.2 Å². The number of carbonyl (C=O) groups is 1. The molecule has 0 aromatic heterocycles. The Morgan fingerprint density at radius 2 is 1.80 bits per heavy atom. The van der Waals surface area contributed by atoms with Crippen LogP contribution in [0.4, 0.5) is 0 Å². The van der Waals surface area contributed by atoms with Crippen LogP contribution in [0.2, 0.25) is 0 Å². The van der Waals surface area contributed by atoms with Crippen molar-refractivity contribution < 1.29 is 13.2 Å². The van der Waals surface area contributed by atoms with Crippen molar-refractivity contribution in [1.29, 1.82) is 0 Å². The summed E-state index contributed by atoms with van der Waals surface area (Å²) in [6, 6.07) is 11.7. The van der Waals surface area contributed by atoms with Crippen LogP contribution in [0.1, 0.15) is 20.3 Å². The lowest BCUT2D eigenvalue weighted by molar-refractivity contribution is -0.119. The SMILES string of the molecule is CCC(=O)C(C)NS(=O)(=O)c1cccc2ccccc12. The van der Waals surface area contributed by atoms with Gasteiger partial charge >= 0.3 is 0 Å². The highest BCUT2D eigenvalue weighted by molar-refractivity contribution is 7.89. The Bertz CT molecular complexity index is 732. The standard InChI is InChI=1S/C15H17NO3S/c1-3-14(17)11(2)16-20(18,19)15-10-6-8-12-7-4-5-9-13(12)15/h4-11,16H,3H2,1-2H3. The van der Waals surface area contributed by atoms with Gasteiger partial charge in [0.15, 0.2) is 0 Å². The zero-order valence-corrected chi connectivity index (χ0v) is 12.3. The molecule has 2 rings (SSSR count). The van der Waals surface area contributed by atoms with Crippen LogP contribution < -0.4 is 4.72 Å². The fraction of sp³-hybridized carbons (Fsp3) is 0.267. The molecule has 0 radical (unpaired) electrons. The summed E-state index contributed by atoms with van der Waals surface area (Å²) in [7, 11) is -3.71. The number of carbonyl (C=O) groups excluding carboxylic acids is 1. The van der Waals surface area contributed by atoms with E-state index in [4.69, 9.17) is 0 Å². The summed E-state index contributed by atoms with van der Waals surface area (Å²) < 4.78 is 27.3. The van der Waals surface area contributed by atoms with Crippen molar-refractivity contribution >= 4 is 26.6 Å². The highest BCUT2D eigenvalue weighted by Gasteiger charge is 2.22. The summed E-state index contributed by atoms with van der Waals surface area (Å²) in [6.45, 7) is 3.28. The van der Waals surface area contributed by atoms with E-state index in [1.165, 1.54) is 0 Å². The second kappa shape index (κ2) is 5.73. The quantitative estimate of drug-likeness (QED) is 0.920. The van der Waals surface area contributed by atoms with Gasteiger partial charge in [-0.1, -0.05) is 43.3 Å². The maximum Gasteiger partial charge on any atom is 0.241 e. The van der Waals surface area contributed by atoms with E-state index in [9.17, 15) is 13.2 Å². The molecule has 0 heterocycles. The van der Waals surface area contributed by atoms with Crippen LogP contribution in [0.5, 0.6) is 0 Å². The molecule has 2 aromatic carbocycles. The van der Waals surface area contributed by atoms with Gasteiger partial charge in [-0.2, -0.15) is 0 Å². The second-order valence-electron chi connectivity index (χ2n) is 4.64. The minimum absolute atomic E-state index is 0.131. The molecule has 2 aromatic rings. The van der Waals surface area contributed by atoms with E-state index < -0.39 is 16.1 Å². The van der Waals surface area contributed by atoms with Gasteiger partial charge in [0.25, 0.3) is 0 Å². The Morgan fingerprint density at radius 1 is 1.15 bits per heavy atom. The molecule has 106 valence electrons. The van der Waals surface area contributed by atoms with E-state index in [2.05, 4.69) is 4.72 Å². The summed E-state index contributed by atoms with van der Waals surface area (Å²) >= 11 is 0. The Morgan fingerprint density at radius 3 is 2.50 bits per heavy atom. The van der Waals surface area contributed by atoms with Crippen LogP contribution in [-0.4, -0.2) is 20.2 Å². The van der Waals surface area contributed by atoms with Gasteiger partial charge in [0.05, 0.1) is 10.9 Å². The lowest BCUT2D eigenvalue weighted by atomic mass is 10.1. The second-order valence-corrected chi connectivity index (χ2v) is 6.32. The number of benzene rings is 2. The molecule has 0 spiro atoms. The molecule has 0 saturated heterocycles. The Labute approximate surface area is 118 Å². The molecule has 1 unspecified atom stereocenters. The lowest BCUT2D eigenvalue weighted by Crippen LogP contribution is -2.38. The van der Waals surface area contributed by atoms with Crippen molar-refractivity contribution in [3.05, 3.63) is 42.5 Å². The van der Waals surface area contributed by atoms with E-state index in [-0.39, 0.29) is 10.7 Å². The Hall–Kier alpha value is -1.72. The van der Waals surface area contributed by atoms with Crippen LogP contribution in [0.3, 0.4) is 0 Å². The molecule has 1 N–H and O–H groups in total. The van der Waals surface area contributed by atoms with Gasteiger partial charge in [0.1, 0.15) is 5.78 Å². The molecular formula is C15H17NO3S. The molecule has 20 heavy (non-hydrogen) atoms. The fourth-order valence-corrected chi connectivity index (χ4v) is 3.56. The van der Waals surface area contributed by atoms with Gasteiger partial charge in [-0.15, -0.1) is 0 Å². The summed E-state index contributed by atoms with van der Waals surface area (Å²) in [5.74, 6) is -0.131. The third-order valence-corrected chi connectivity index (χ3v) is 4.80. The van der Waals surface area contributed by atoms with Crippen molar-refractivity contribution in [1.82, 2.24) is 4.72 Å². The number of fused-ring (bicyclic) bond motifs is 1. The maximum absolute atomic E-state index is 12.4. The third-order valence-electron chi connectivity index (χ3n) is 3.20. The first-order valence-corrected chi connectivity index (χ1v) is 7.97. The number of nitrogens with one attached hydrogen (secondary N) is 1. The monoisotopic (exact) mass is 291 g/mol. The number of hydrogen-bond acceptors (Lipinski definition) is 3. The zero-order chi connectivity index (χ0) is 14.8. The van der Waals surface area contributed by atoms with Crippen molar-refractivity contribution in [2.24, 2.45) is 0 Å². The van der Waals surface area contributed by atoms with Gasteiger partial charge in [-0.3, -0.25) is 4.79 Å². The number of ketones is 1. The summed E-state index contributed by atoms with van der Waals surface area (Å²) in [5, 5.41) is 1.50. The van der Waals surface area contributed by atoms with Crippen molar-refractivity contribution in [2.75, 3.05) is 0 Å². The molecular weight excluding hydrogens is 274 g/mol. The number of Topliss-reactive ketones (excluding diaryl/α,β-unsaturated/α-hetero) is 1. The van der Waals surface area contributed by atoms with Gasteiger partial charge in [0.2, 0.25) is 10.0 Å². The van der Waals surface area contributed by atoms with Crippen LogP contribution in [0.25, 0.3) is 10.8 Å². The average molecular weight is 291 g/mol. The molecule has 5 heteroatoms. The van der Waals surface area contributed by atoms with Crippen molar-refractivity contribution in [3.8, 4) is 0 Å². The molecule has 4 nitrogen and oxygen atoms in total. The van der Waals surface area contributed by atoms with Gasteiger partial charge in [-0.25, -0.2) is 13.1 Å². The van der Waals surface area contributed by atoms with Gasteiger partial charge in [-0.05, 0) is 18.4 Å². The highest BCUT2D eigenvalue weighted by Crippen LogP contribution is 2.22. The first-order chi connectivity index (χ1) is 9.45. The molecule has 0 aliphatic carbocycles. The van der Waals surface area contributed by atoms with E-state index in [1.807, 2.05) is 18.2 Å². The molecule has 0 amide bonds. The third kappa shape index (κ3) is 2.89. The fourth-order valence-electron chi connectivity index (χ4n) is 2.10. The maximum atomic E-state index is 12.4. The van der Waals surface area contributed by atoms with Crippen molar-refractivity contribution in [3.63, 3.8) is 0 Å². The minimum Gasteiger partial charge on any atom is -0.298 e. The smallest absolute Gasteiger partial charge is 0.241 e. The normalized spacial score (nSPS) is 13.3. The average Bonchev–Trinajstić information content (AvgIpc) is 2.45. The van der Waals surface area contributed by atoms with Crippen LogP contribution >= 0.6 is 0 Å². The Kier molecular flexibility index (Phi) is 4.20. The molecule has 0 fully saturated rings. The van der Waals surface area contributed by atoms with Crippen LogP contribution in [-0.2, 0) is 14.8 Å². The van der Waals surface area contributed by atoms with Gasteiger partial charge < -0.3 is 0 Å². The van der Waals surface area contributed by atoms with E-state index in [0.717, 1.165) is 5.39 Å². The number of sulfonamides is 1. The largest absolute Gasteiger partial charge is 0.298 e. The molecule has 0 aliphatic rings. The molecule has 0 aliphatic heterocycles. The van der Waals surface area contributed by atoms with Crippen LogP contribution in [0, 0.1) is 0 Å². The minimum atomic E-state index is -3.71. The first-order valence-electron chi connectivity index (χ1n) is 6.48. The van der Waals surface area contributed by atoms with E-state index in [0.29, 0.717) is 11.8 Å².